The van der Waals surface area contributed by atoms with Crippen LogP contribution in [-0.4, -0.2) is 37.9 Å². The van der Waals surface area contributed by atoms with Crippen molar-refractivity contribution in [3.63, 3.8) is 0 Å². The van der Waals surface area contributed by atoms with Crippen LogP contribution in [-0.2, 0) is 10.0 Å². The molecule has 0 radical (unpaired) electrons. The Hall–Kier alpha value is -0.980. The Labute approximate surface area is 120 Å². The third-order valence-electron chi connectivity index (χ3n) is 3.71. The van der Waals surface area contributed by atoms with E-state index in [0.29, 0.717) is 24.2 Å². The van der Waals surface area contributed by atoms with E-state index in [9.17, 15) is 12.8 Å². The number of rotatable bonds is 2. The number of hydrogen-bond donors (Lipinski definition) is 1. The Morgan fingerprint density at radius 2 is 1.60 bits per heavy atom. The Bertz CT molecular complexity index is 583. The zero-order chi connectivity index (χ0) is 15.1. The largest absolute Gasteiger partial charge is 0.314 e. The summed E-state index contributed by atoms with van der Waals surface area (Å²) in [5.74, 6) is -0.402. The molecule has 0 aliphatic carbocycles. The molecule has 4 nitrogen and oxygen atoms in total. The van der Waals surface area contributed by atoms with Crippen LogP contribution in [0, 0.1) is 19.7 Å². The molecule has 2 rings (SSSR count). The molecule has 1 aliphatic heterocycles. The predicted octanol–water partition coefficient (Wildman–Crippen LogP) is 1.81. The molecule has 6 heteroatoms. The first-order chi connectivity index (χ1) is 9.25. The number of nitrogens with zero attached hydrogens (tertiary/aromatic N) is 1. The van der Waals surface area contributed by atoms with E-state index in [2.05, 4.69) is 5.32 Å². The summed E-state index contributed by atoms with van der Waals surface area (Å²) >= 11 is 0. The van der Waals surface area contributed by atoms with Crippen LogP contribution in [0.5, 0.6) is 0 Å². The molecule has 0 spiro atoms. The van der Waals surface area contributed by atoms with Crippen LogP contribution < -0.4 is 5.32 Å². The molecule has 1 aromatic carbocycles. The maximum atomic E-state index is 13.4. The second kappa shape index (κ2) is 5.42. The number of aryl methyl sites for hydroxylation is 2. The van der Waals surface area contributed by atoms with Gasteiger partial charge in [-0.3, -0.25) is 0 Å². The van der Waals surface area contributed by atoms with Crippen molar-refractivity contribution in [2.45, 2.75) is 44.7 Å². The number of benzene rings is 1. The quantitative estimate of drug-likeness (QED) is 0.906. The standard InChI is InChI=1S/C14H21FN2O2S/c1-9-5-13(15)6-10(2)14(9)20(18,19)17-11(3)7-16-8-12(17)4/h5-6,11-12,16H,7-8H2,1-4H3. The van der Waals surface area contributed by atoms with E-state index in [1.54, 1.807) is 13.8 Å². The van der Waals surface area contributed by atoms with Crippen LogP contribution >= 0.6 is 0 Å². The molecule has 0 bridgehead atoms. The molecule has 1 heterocycles. The van der Waals surface area contributed by atoms with Crippen molar-refractivity contribution in [1.82, 2.24) is 9.62 Å². The smallest absolute Gasteiger partial charge is 0.244 e. The van der Waals surface area contributed by atoms with Gasteiger partial charge in [0.1, 0.15) is 5.82 Å². The summed E-state index contributed by atoms with van der Waals surface area (Å²) < 4.78 is 40.8. The van der Waals surface area contributed by atoms with E-state index >= 15 is 0 Å². The monoisotopic (exact) mass is 300 g/mol. The Morgan fingerprint density at radius 3 is 2.05 bits per heavy atom. The molecule has 2 unspecified atom stereocenters. The minimum Gasteiger partial charge on any atom is -0.314 e. The van der Waals surface area contributed by atoms with Gasteiger partial charge in [-0.05, 0) is 51.0 Å². The summed E-state index contributed by atoms with van der Waals surface area (Å²) in [6, 6.07) is 2.31. The van der Waals surface area contributed by atoms with Gasteiger partial charge in [0, 0.05) is 25.2 Å². The zero-order valence-corrected chi connectivity index (χ0v) is 13.1. The fraction of sp³-hybridized carbons (Fsp3) is 0.571. The van der Waals surface area contributed by atoms with Crippen molar-refractivity contribution in [2.24, 2.45) is 0 Å². The normalized spacial score (nSPS) is 24.9. The second-order valence-corrected chi connectivity index (χ2v) is 7.34. The van der Waals surface area contributed by atoms with Gasteiger partial charge in [0.05, 0.1) is 4.90 Å². The van der Waals surface area contributed by atoms with Crippen molar-refractivity contribution in [3.05, 3.63) is 29.1 Å². The van der Waals surface area contributed by atoms with Crippen LogP contribution in [0.1, 0.15) is 25.0 Å². The molecule has 1 N–H and O–H groups in total. The van der Waals surface area contributed by atoms with E-state index in [0.717, 1.165) is 0 Å². The van der Waals surface area contributed by atoms with Crippen LogP contribution in [0.25, 0.3) is 0 Å². The van der Waals surface area contributed by atoms with Gasteiger partial charge in [-0.15, -0.1) is 0 Å². The summed E-state index contributed by atoms with van der Waals surface area (Å²) in [6.07, 6.45) is 0. The lowest BCUT2D eigenvalue weighted by Gasteiger charge is -2.38. The Morgan fingerprint density at radius 1 is 1.15 bits per heavy atom. The van der Waals surface area contributed by atoms with Crippen molar-refractivity contribution in [3.8, 4) is 0 Å². The Balaban J connectivity index is 2.55. The molecular weight excluding hydrogens is 279 g/mol. The van der Waals surface area contributed by atoms with Crippen molar-refractivity contribution in [2.75, 3.05) is 13.1 Å². The van der Waals surface area contributed by atoms with Gasteiger partial charge in [-0.25, -0.2) is 12.8 Å². The molecule has 112 valence electrons. The summed E-state index contributed by atoms with van der Waals surface area (Å²) in [6.45, 7) is 8.30. The lowest BCUT2D eigenvalue weighted by molar-refractivity contribution is 0.220. The van der Waals surface area contributed by atoms with Crippen molar-refractivity contribution in [1.29, 1.82) is 0 Å². The summed E-state index contributed by atoms with van der Waals surface area (Å²) in [7, 11) is -3.61. The molecule has 0 amide bonds. The average Bonchev–Trinajstić information content (AvgIpc) is 2.25. The molecule has 2 atom stereocenters. The maximum absolute atomic E-state index is 13.4. The SMILES string of the molecule is Cc1cc(F)cc(C)c1S(=O)(=O)N1C(C)CNCC1C. The van der Waals surface area contributed by atoms with E-state index < -0.39 is 15.8 Å². The second-order valence-electron chi connectivity index (χ2n) is 5.56. The summed E-state index contributed by atoms with van der Waals surface area (Å²) in [5, 5.41) is 3.21. The van der Waals surface area contributed by atoms with Gasteiger partial charge in [0.25, 0.3) is 0 Å². The van der Waals surface area contributed by atoms with Crippen LogP contribution in [0.15, 0.2) is 17.0 Å². The van der Waals surface area contributed by atoms with Gasteiger partial charge in [0.15, 0.2) is 0 Å². The Kier molecular flexibility index (Phi) is 4.18. The van der Waals surface area contributed by atoms with E-state index in [4.69, 9.17) is 0 Å². The number of hydrogen-bond acceptors (Lipinski definition) is 3. The van der Waals surface area contributed by atoms with E-state index in [-0.39, 0.29) is 17.0 Å². The van der Waals surface area contributed by atoms with Crippen molar-refractivity contribution < 1.29 is 12.8 Å². The van der Waals surface area contributed by atoms with E-state index in [1.165, 1.54) is 16.4 Å². The van der Waals surface area contributed by atoms with Crippen LogP contribution in [0.2, 0.25) is 0 Å². The molecule has 1 saturated heterocycles. The van der Waals surface area contributed by atoms with Gasteiger partial charge in [-0.1, -0.05) is 0 Å². The van der Waals surface area contributed by atoms with Gasteiger partial charge in [-0.2, -0.15) is 4.31 Å². The minimum atomic E-state index is -3.61. The number of piperazine rings is 1. The highest BCUT2D eigenvalue weighted by molar-refractivity contribution is 7.89. The highest BCUT2D eigenvalue weighted by atomic mass is 32.2. The molecule has 1 aromatic rings. The van der Waals surface area contributed by atoms with Crippen LogP contribution in [0.3, 0.4) is 0 Å². The highest BCUT2D eigenvalue weighted by Gasteiger charge is 2.37. The van der Waals surface area contributed by atoms with Crippen LogP contribution in [0.4, 0.5) is 4.39 Å². The summed E-state index contributed by atoms with van der Waals surface area (Å²) in [4.78, 5) is 0.236. The average molecular weight is 300 g/mol. The number of nitrogens with one attached hydrogen (secondary N) is 1. The van der Waals surface area contributed by atoms with Crippen molar-refractivity contribution >= 4 is 10.0 Å². The predicted molar refractivity (Wildman–Crippen MR) is 76.7 cm³/mol. The molecule has 20 heavy (non-hydrogen) atoms. The summed E-state index contributed by atoms with van der Waals surface area (Å²) in [5.41, 5.74) is 0.917. The maximum Gasteiger partial charge on any atom is 0.244 e. The fourth-order valence-corrected chi connectivity index (χ4v) is 5.24. The first kappa shape index (κ1) is 15.4. The third-order valence-corrected chi connectivity index (χ3v) is 6.14. The number of sulfonamides is 1. The molecule has 1 aliphatic rings. The van der Waals surface area contributed by atoms with Gasteiger partial charge < -0.3 is 5.32 Å². The topological polar surface area (TPSA) is 49.4 Å². The molecule has 0 aromatic heterocycles. The number of halogens is 1. The van der Waals surface area contributed by atoms with E-state index in [1.807, 2.05) is 13.8 Å². The highest BCUT2D eigenvalue weighted by Crippen LogP contribution is 2.28. The van der Waals surface area contributed by atoms with Gasteiger partial charge in [0.2, 0.25) is 10.0 Å². The third kappa shape index (κ3) is 2.60. The first-order valence-corrected chi connectivity index (χ1v) is 8.20. The zero-order valence-electron chi connectivity index (χ0n) is 12.3. The fourth-order valence-electron chi connectivity index (χ4n) is 3.00. The minimum absolute atomic E-state index is 0.118. The lowest BCUT2D eigenvalue weighted by Crippen LogP contribution is -2.57. The van der Waals surface area contributed by atoms with Gasteiger partial charge >= 0.3 is 0 Å². The molecular formula is C14H21FN2O2S. The first-order valence-electron chi connectivity index (χ1n) is 6.76. The molecule has 1 fully saturated rings. The molecule has 0 saturated carbocycles. The lowest BCUT2D eigenvalue weighted by atomic mass is 10.1.